The number of amides is 1. The second kappa shape index (κ2) is 7.00. The number of benzene rings is 2. The quantitative estimate of drug-likeness (QED) is 0.667. The van der Waals surface area contributed by atoms with Crippen molar-refractivity contribution in [3.8, 4) is 5.75 Å². The molecule has 1 aliphatic rings. The van der Waals surface area contributed by atoms with Crippen LogP contribution in [0.25, 0.3) is 10.9 Å². The van der Waals surface area contributed by atoms with Gasteiger partial charge in [0.25, 0.3) is 0 Å². The summed E-state index contributed by atoms with van der Waals surface area (Å²) in [7, 11) is 0. The Morgan fingerprint density at radius 3 is 2.62 bits per heavy atom. The molecule has 0 aliphatic carbocycles. The van der Waals surface area contributed by atoms with Crippen LogP contribution in [0, 0.1) is 0 Å². The van der Waals surface area contributed by atoms with E-state index in [2.05, 4.69) is 6.07 Å². The highest BCUT2D eigenvalue weighted by atomic mass is 32.2. The van der Waals surface area contributed by atoms with Gasteiger partial charge in [-0.25, -0.2) is 4.98 Å². The van der Waals surface area contributed by atoms with Crippen molar-refractivity contribution >= 4 is 34.3 Å². The van der Waals surface area contributed by atoms with Crippen molar-refractivity contribution in [1.29, 1.82) is 0 Å². The molecular weight excluding hydrogens is 344 g/mol. The minimum Gasteiger partial charge on any atom is -0.494 e. The molecule has 0 N–H and O–H groups in total. The lowest BCUT2D eigenvalue weighted by atomic mass is 10.2. The van der Waals surface area contributed by atoms with Crippen LogP contribution in [0.2, 0.25) is 0 Å². The summed E-state index contributed by atoms with van der Waals surface area (Å²) in [5.41, 5.74) is 2.72. The van der Waals surface area contributed by atoms with Crippen molar-refractivity contribution in [2.45, 2.75) is 24.5 Å². The first-order chi connectivity index (χ1) is 12.7. The average molecular weight is 364 g/mol. The number of hydrogen-bond donors (Lipinski definition) is 0. The van der Waals surface area contributed by atoms with Crippen LogP contribution < -0.4 is 9.64 Å². The second-order valence-electron chi connectivity index (χ2n) is 6.19. The minimum atomic E-state index is -0.125. The zero-order valence-electron chi connectivity index (χ0n) is 14.8. The molecule has 4 nitrogen and oxygen atoms in total. The monoisotopic (exact) mass is 364 g/mol. The normalized spacial score (nSPS) is 19.9. The van der Waals surface area contributed by atoms with E-state index in [0.29, 0.717) is 6.61 Å². The molecule has 0 spiro atoms. The summed E-state index contributed by atoms with van der Waals surface area (Å²) < 4.78 is 5.51. The molecule has 0 saturated carbocycles. The van der Waals surface area contributed by atoms with Gasteiger partial charge in [0.15, 0.2) is 0 Å². The summed E-state index contributed by atoms with van der Waals surface area (Å²) in [6.07, 6.45) is 0. The van der Waals surface area contributed by atoms with Crippen LogP contribution in [-0.4, -0.2) is 22.7 Å². The van der Waals surface area contributed by atoms with Gasteiger partial charge in [0.05, 0.1) is 23.1 Å². The van der Waals surface area contributed by atoms with E-state index in [-0.39, 0.29) is 16.5 Å². The lowest BCUT2D eigenvalue weighted by Gasteiger charge is -2.24. The summed E-state index contributed by atoms with van der Waals surface area (Å²) in [5.74, 6) is 0.920. The van der Waals surface area contributed by atoms with Crippen LogP contribution in [0.3, 0.4) is 0 Å². The van der Waals surface area contributed by atoms with Gasteiger partial charge in [-0.1, -0.05) is 24.3 Å². The van der Waals surface area contributed by atoms with Crippen LogP contribution in [0.4, 0.5) is 5.69 Å². The van der Waals surface area contributed by atoms with E-state index in [0.717, 1.165) is 28.0 Å². The molecule has 0 radical (unpaired) electrons. The average Bonchev–Trinajstić information content (AvgIpc) is 2.97. The molecule has 3 aromatic rings. The van der Waals surface area contributed by atoms with Gasteiger partial charge in [0.2, 0.25) is 5.91 Å². The molecular formula is C21H20N2O2S. The molecule has 1 saturated heterocycles. The van der Waals surface area contributed by atoms with Gasteiger partial charge in [0.1, 0.15) is 11.1 Å². The molecule has 1 amide bonds. The third-order valence-electron chi connectivity index (χ3n) is 4.45. The van der Waals surface area contributed by atoms with E-state index in [1.54, 1.807) is 11.8 Å². The first kappa shape index (κ1) is 16.9. The van der Waals surface area contributed by atoms with Gasteiger partial charge in [0, 0.05) is 11.1 Å². The lowest BCUT2D eigenvalue weighted by Crippen LogP contribution is -2.30. The molecule has 1 aromatic heterocycles. The van der Waals surface area contributed by atoms with Gasteiger partial charge in [-0.15, -0.1) is 11.8 Å². The van der Waals surface area contributed by atoms with E-state index in [1.807, 2.05) is 73.3 Å². The highest BCUT2D eigenvalue weighted by molar-refractivity contribution is 8.01. The van der Waals surface area contributed by atoms with Gasteiger partial charge < -0.3 is 4.74 Å². The third-order valence-corrected chi connectivity index (χ3v) is 5.77. The Hall–Kier alpha value is -2.53. The molecule has 4 rings (SSSR count). The zero-order chi connectivity index (χ0) is 18.1. The van der Waals surface area contributed by atoms with E-state index in [4.69, 9.17) is 9.72 Å². The maximum absolute atomic E-state index is 12.8. The van der Waals surface area contributed by atoms with E-state index >= 15 is 0 Å². The Labute approximate surface area is 157 Å². The Kier molecular flexibility index (Phi) is 4.55. The number of pyridine rings is 1. The number of nitrogens with zero attached hydrogens (tertiary/aromatic N) is 2. The number of para-hydroxylation sites is 1. The Morgan fingerprint density at radius 1 is 1.08 bits per heavy atom. The maximum atomic E-state index is 12.8. The summed E-state index contributed by atoms with van der Waals surface area (Å²) in [5, 5.41) is 0.881. The van der Waals surface area contributed by atoms with E-state index in [1.165, 1.54) is 0 Å². The van der Waals surface area contributed by atoms with Crippen molar-refractivity contribution in [1.82, 2.24) is 4.98 Å². The number of aromatic nitrogens is 1. The molecule has 132 valence electrons. The number of ether oxygens (including phenoxy) is 1. The van der Waals surface area contributed by atoms with Gasteiger partial charge in [-0.05, 0) is 50.2 Å². The van der Waals surface area contributed by atoms with Crippen LogP contribution >= 0.6 is 11.8 Å². The summed E-state index contributed by atoms with van der Waals surface area (Å²) in [6, 6.07) is 19.8. The first-order valence-electron chi connectivity index (χ1n) is 8.74. The fourth-order valence-corrected chi connectivity index (χ4v) is 4.41. The van der Waals surface area contributed by atoms with Gasteiger partial charge >= 0.3 is 0 Å². The topological polar surface area (TPSA) is 42.4 Å². The van der Waals surface area contributed by atoms with E-state index < -0.39 is 0 Å². The number of thioether (sulfide) groups is 1. The fraction of sp³-hybridized carbons (Fsp3) is 0.238. The summed E-state index contributed by atoms with van der Waals surface area (Å²) in [4.78, 5) is 19.5. The van der Waals surface area contributed by atoms with Crippen molar-refractivity contribution in [2.24, 2.45) is 0 Å². The second-order valence-corrected chi connectivity index (χ2v) is 7.62. The fourth-order valence-electron chi connectivity index (χ4n) is 3.18. The molecule has 2 aromatic carbocycles. The predicted molar refractivity (Wildman–Crippen MR) is 107 cm³/mol. The molecule has 2 heterocycles. The number of hydrogen-bond acceptors (Lipinski definition) is 4. The number of anilines is 1. The van der Waals surface area contributed by atoms with Crippen molar-refractivity contribution in [3.05, 3.63) is 66.4 Å². The minimum absolute atomic E-state index is 0.0974. The summed E-state index contributed by atoms with van der Waals surface area (Å²) >= 11 is 1.64. The molecule has 1 aliphatic heterocycles. The van der Waals surface area contributed by atoms with Crippen LogP contribution in [0.1, 0.15) is 24.9 Å². The molecule has 0 bridgehead atoms. The zero-order valence-corrected chi connectivity index (χ0v) is 15.6. The smallest absolute Gasteiger partial charge is 0.241 e. The Morgan fingerprint density at radius 2 is 1.85 bits per heavy atom. The first-order valence-corrected chi connectivity index (χ1v) is 9.68. The number of carbonyl (C=O) groups is 1. The summed E-state index contributed by atoms with van der Waals surface area (Å²) in [6.45, 7) is 4.53. The van der Waals surface area contributed by atoms with E-state index in [9.17, 15) is 4.79 Å². The van der Waals surface area contributed by atoms with Crippen molar-refractivity contribution < 1.29 is 9.53 Å². The molecule has 2 atom stereocenters. The maximum Gasteiger partial charge on any atom is 0.241 e. The van der Waals surface area contributed by atoms with Crippen molar-refractivity contribution in [2.75, 3.05) is 11.5 Å². The number of fused-ring (bicyclic) bond motifs is 1. The van der Waals surface area contributed by atoms with Gasteiger partial charge in [-0.3, -0.25) is 9.69 Å². The number of rotatable bonds is 4. The largest absolute Gasteiger partial charge is 0.494 e. The highest BCUT2D eigenvalue weighted by Crippen LogP contribution is 2.45. The van der Waals surface area contributed by atoms with Crippen LogP contribution in [-0.2, 0) is 4.79 Å². The lowest BCUT2D eigenvalue weighted by molar-refractivity contribution is -0.117. The predicted octanol–water partition coefficient (Wildman–Crippen LogP) is 4.80. The Balaban J connectivity index is 1.71. The van der Waals surface area contributed by atoms with Crippen LogP contribution in [0.5, 0.6) is 5.75 Å². The SMILES string of the molecule is CCOc1ccc(N2C(=O)C(C)SC2c2ccc3ccccc3n2)cc1. The molecule has 2 unspecified atom stereocenters. The third kappa shape index (κ3) is 3.03. The van der Waals surface area contributed by atoms with Crippen LogP contribution in [0.15, 0.2) is 60.7 Å². The molecule has 1 fully saturated rings. The van der Waals surface area contributed by atoms with Crippen molar-refractivity contribution in [3.63, 3.8) is 0 Å². The standard InChI is InChI=1S/C21H20N2O2S/c1-3-25-17-11-9-16(10-12-17)23-20(24)14(2)26-21(23)19-13-8-15-6-4-5-7-18(15)22-19/h4-14,21H,3H2,1-2H3. The number of carbonyl (C=O) groups excluding carboxylic acids is 1. The molecule has 26 heavy (non-hydrogen) atoms. The van der Waals surface area contributed by atoms with Gasteiger partial charge in [-0.2, -0.15) is 0 Å². The molecule has 5 heteroatoms. The highest BCUT2D eigenvalue weighted by Gasteiger charge is 2.40. The Bertz CT molecular complexity index is 942.